The van der Waals surface area contributed by atoms with E-state index < -0.39 is 0 Å². The highest BCUT2D eigenvalue weighted by molar-refractivity contribution is 6.28. The van der Waals surface area contributed by atoms with E-state index in [4.69, 9.17) is 17.3 Å². The van der Waals surface area contributed by atoms with Gasteiger partial charge < -0.3 is 10.8 Å². The lowest BCUT2D eigenvalue weighted by Gasteiger charge is -2.04. The van der Waals surface area contributed by atoms with Crippen molar-refractivity contribution in [2.45, 2.75) is 6.54 Å². The Morgan fingerprint density at radius 1 is 1.36 bits per heavy atom. The molecular formula is C9H8ClN3O. The van der Waals surface area contributed by atoms with Gasteiger partial charge in [-0.3, -0.25) is 0 Å². The van der Waals surface area contributed by atoms with Crippen LogP contribution in [0.2, 0.25) is 5.28 Å². The van der Waals surface area contributed by atoms with Gasteiger partial charge in [-0.2, -0.15) is 0 Å². The lowest BCUT2D eigenvalue weighted by Crippen LogP contribution is -2.02. The number of nitrogens with zero attached hydrogens (tertiary/aromatic N) is 2. The highest BCUT2D eigenvalue weighted by Gasteiger charge is 2.07. The topological polar surface area (TPSA) is 72.0 Å². The summed E-state index contributed by atoms with van der Waals surface area (Å²) in [6.45, 7) is 0.266. The van der Waals surface area contributed by atoms with Gasteiger partial charge >= 0.3 is 0 Å². The molecule has 0 aliphatic heterocycles. The van der Waals surface area contributed by atoms with Crippen LogP contribution in [0.25, 0.3) is 10.9 Å². The van der Waals surface area contributed by atoms with E-state index in [9.17, 15) is 5.11 Å². The van der Waals surface area contributed by atoms with Crippen LogP contribution in [0, 0.1) is 0 Å². The molecule has 5 heteroatoms. The predicted molar refractivity (Wildman–Crippen MR) is 54.1 cm³/mol. The number of hydrogen-bond acceptors (Lipinski definition) is 4. The number of rotatable bonds is 1. The van der Waals surface area contributed by atoms with Crippen LogP contribution in [0.15, 0.2) is 18.2 Å². The largest absolute Gasteiger partial charge is 0.506 e. The number of aromatic hydroxyl groups is 1. The summed E-state index contributed by atoms with van der Waals surface area (Å²) in [5.74, 6) is 0.0847. The standard InChI is InChI=1S/C9H8ClN3O/c10-9-12-6(4-11)5-2-1-3-7(14)8(5)13-9/h1-3,14H,4,11H2. The van der Waals surface area contributed by atoms with Crippen LogP contribution >= 0.6 is 11.6 Å². The fourth-order valence-corrected chi connectivity index (χ4v) is 1.51. The third-order valence-electron chi connectivity index (χ3n) is 1.95. The molecule has 0 spiro atoms. The Kier molecular flexibility index (Phi) is 2.23. The number of phenolic OH excluding ortho intramolecular Hbond substituents is 1. The fourth-order valence-electron chi connectivity index (χ4n) is 1.33. The van der Waals surface area contributed by atoms with Gasteiger partial charge in [0, 0.05) is 11.9 Å². The molecule has 0 amide bonds. The Balaban J connectivity index is 2.87. The molecule has 3 N–H and O–H groups in total. The first-order valence-electron chi connectivity index (χ1n) is 4.06. The molecule has 0 unspecified atom stereocenters. The van der Waals surface area contributed by atoms with Crippen molar-refractivity contribution >= 4 is 22.5 Å². The Labute approximate surface area is 85.4 Å². The number of para-hydroxylation sites is 1. The molecule has 4 nitrogen and oxygen atoms in total. The molecule has 1 heterocycles. The van der Waals surface area contributed by atoms with Crippen molar-refractivity contribution in [1.29, 1.82) is 0 Å². The molecular weight excluding hydrogens is 202 g/mol. The van der Waals surface area contributed by atoms with E-state index in [1.54, 1.807) is 18.2 Å². The quantitative estimate of drug-likeness (QED) is 0.698. The van der Waals surface area contributed by atoms with Crippen LogP contribution in [0.3, 0.4) is 0 Å². The predicted octanol–water partition coefficient (Wildman–Crippen LogP) is 1.45. The van der Waals surface area contributed by atoms with E-state index in [2.05, 4.69) is 9.97 Å². The zero-order valence-electron chi connectivity index (χ0n) is 7.24. The summed E-state index contributed by atoms with van der Waals surface area (Å²) in [5, 5.41) is 10.4. The number of benzene rings is 1. The molecule has 0 fully saturated rings. The highest BCUT2D eigenvalue weighted by atomic mass is 35.5. The van der Waals surface area contributed by atoms with Gasteiger partial charge in [-0.05, 0) is 17.7 Å². The number of nitrogens with two attached hydrogens (primary N) is 1. The van der Waals surface area contributed by atoms with Crippen LogP contribution in [0.4, 0.5) is 0 Å². The van der Waals surface area contributed by atoms with Crippen molar-refractivity contribution < 1.29 is 5.11 Å². The lowest BCUT2D eigenvalue weighted by molar-refractivity contribution is 0.480. The second-order valence-electron chi connectivity index (χ2n) is 2.82. The molecule has 0 radical (unpaired) electrons. The average molecular weight is 210 g/mol. The molecule has 1 aromatic heterocycles. The van der Waals surface area contributed by atoms with Crippen LogP contribution in [-0.4, -0.2) is 15.1 Å². The summed E-state index contributed by atoms with van der Waals surface area (Å²) in [5.41, 5.74) is 6.58. The van der Waals surface area contributed by atoms with Gasteiger partial charge in [0.15, 0.2) is 0 Å². The zero-order valence-corrected chi connectivity index (χ0v) is 7.99. The summed E-state index contributed by atoms with van der Waals surface area (Å²) in [7, 11) is 0. The van der Waals surface area contributed by atoms with Crippen LogP contribution in [-0.2, 0) is 6.54 Å². The number of phenols is 1. The molecule has 0 saturated carbocycles. The second-order valence-corrected chi connectivity index (χ2v) is 3.15. The first-order valence-corrected chi connectivity index (χ1v) is 4.44. The molecule has 14 heavy (non-hydrogen) atoms. The minimum atomic E-state index is 0.0847. The zero-order chi connectivity index (χ0) is 10.1. The van der Waals surface area contributed by atoms with Crippen LogP contribution in [0.5, 0.6) is 5.75 Å². The van der Waals surface area contributed by atoms with Crippen molar-refractivity contribution in [2.75, 3.05) is 0 Å². The molecule has 2 rings (SSSR count). The molecule has 0 saturated heterocycles. The van der Waals surface area contributed by atoms with E-state index in [1.165, 1.54) is 0 Å². The van der Waals surface area contributed by atoms with E-state index in [0.29, 0.717) is 11.2 Å². The summed E-state index contributed by atoms with van der Waals surface area (Å²) in [6.07, 6.45) is 0. The maximum Gasteiger partial charge on any atom is 0.223 e. The van der Waals surface area contributed by atoms with Crippen molar-refractivity contribution in [1.82, 2.24) is 9.97 Å². The van der Waals surface area contributed by atoms with Crippen molar-refractivity contribution in [2.24, 2.45) is 5.73 Å². The van der Waals surface area contributed by atoms with Crippen LogP contribution < -0.4 is 5.73 Å². The third-order valence-corrected chi connectivity index (χ3v) is 2.12. The SMILES string of the molecule is NCc1nc(Cl)nc2c(O)cccc12. The van der Waals surface area contributed by atoms with Crippen LogP contribution in [0.1, 0.15) is 5.69 Å². The number of aromatic nitrogens is 2. The van der Waals surface area contributed by atoms with Gasteiger partial charge in [-0.1, -0.05) is 12.1 Å². The summed E-state index contributed by atoms with van der Waals surface area (Å²) in [6, 6.07) is 5.06. The average Bonchev–Trinajstić information content (AvgIpc) is 2.18. The minimum absolute atomic E-state index is 0.0847. The summed E-state index contributed by atoms with van der Waals surface area (Å²) < 4.78 is 0. The Hall–Kier alpha value is -1.39. The smallest absolute Gasteiger partial charge is 0.223 e. The van der Waals surface area contributed by atoms with E-state index in [-0.39, 0.29) is 17.6 Å². The number of fused-ring (bicyclic) bond motifs is 1. The monoisotopic (exact) mass is 209 g/mol. The molecule has 0 aliphatic carbocycles. The third kappa shape index (κ3) is 1.38. The summed E-state index contributed by atoms with van der Waals surface area (Å²) >= 11 is 5.69. The Morgan fingerprint density at radius 2 is 2.14 bits per heavy atom. The van der Waals surface area contributed by atoms with Gasteiger partial charge in [0.2, 0.25) is 5.28 Å². The van der Waals surface area contributed by atoms with E-state index in [0.717, 1.165) is 5.39 Å². The minimum Gasteiger partial charge on any atom is -0.506 e. The Bertz CT molecular complexity index is 487. The Morgan fingerprint density at radius 3 is 2.86 bits per heavy atom. The first-order chi connectivity index (χ1) is 6.72. The highest BCUT2D eigenvalue weighted by Crippen LogP contribution is 2.25. The molecule has 0 atom stereocenters. The lowest BCUT2D eigenvalue weighted by atomic mass is 10.2. The van der Waals surface area contributed by atoms with Crippen molar-refractivity contribution in [3.05, 3.63) is 29.2 Å². The maximum atomic E-state index is 9.53. The van der Waals surface area contributed by atoms with Gasteiger partial charge in [-0.15, -0.1) is 0 Å². The fraction of sp³-hybridized carbons (Fsp3) is 0.111. The van der Waals surface area contributed by atoms with Gasteiger partial charge in [-0.25, -0.2) is 9.97 Å². The molecule has 72 valence electrons. The first kappa shape index (κ1) is 9.18. The molecule has 0 bridgehead atoms. The van der Waals surface area contributed by atoms with Gasteiger partial charge in [0.25, 0.3) is 0 Å². The number of halogens is 1. The number of hydrogen-bond donors (Lipinski definition) is 2. The summed E-state index contributed by atoms with van der Waals surface area (Å²) in [4.78, 5) is 7.91. The van der Waals surface area contributed by atoms with Crippen molar-refractivity contribution in [3.8, 4) is 5.75 Å². The molecule has 2 aromatic rings. The molecule has 0 aliphatic rings. The second kappa shape index (κ2) is 3.40. The molecule has 1 aromatic carbocycles. The van der Waals surface area contributed by atoms with E-state index >= 15 is 0 Å². The van der Waals surface area contributed by atoms with E-state index in [1.807, 2.05) is 0 Å². The van der Waals surface area contributed by atoms with Crippen molar-refractivity contribution in [3.63, 3.8) is 0 Å². The maximum absolute atomic E-state index is 9.53. The normalized spacial score (nSPS) is 10.7. The van der Waals surface area contributed by atoms with Gasteiger partial charge in [0.1, 0.15) is 11.3 Å². The van der Waals surface area contributed by atoms with Gasteiger partial charge in [0.05, 0.1) is 5.69 Å².